The predicted octanol–water partition coefficient (Wildman–Crippen LogP) is 4.07. The Labute approximate surface area is 213 Å². The van der Waals surface area contributed by atoms with E-state index in [9.17, 15) is 22.4 Å². The molecule has 1 aliphatic rings. The van der Waals surface area contributed by atoms with Gasteiger partial charge in [0.15, 0.2) is 0 Å². The quantitative estimate of drug-likeness (QED) is 0.543. The van der Waals surface area contributed by atoms with E-state index in [1.807, 2.05) is 19.9 Å². The fourth-order valence-electron chi connectivity index (χ4n) is 4.54. The maximum absolute atomic E-state index is 13.6. The Hall–Kier alpha value is -2.94. The molecule has 1 aliphatic carbocycles. The molecule has 1 saturated carbocycles. The van der Waals surface area contributed by atoms with E-state index in [1.165, 1.54) is 17.0 Å². The van der Waals surface area contributed by atoms with Crippen LogP contribution in [0, 0.1) is 19.7 Å². The maximum Gasteiger partial charge on any atom is 0.244 e. The fraction of sp³-hybridized carbons (Fsp3) is 0.481. The number of nitrogens with one attached hydrogen (secondary N) is 1. The first-order valence-electron chi connectivity index (χ1n) is 12.4. The summed E-state index contributed by atoms with van der Waals surface area (Å²) in [6, 6.07) is 10.2. The van der Waals surface area contributed by atoms with Crippen LogP contribution in [0.25, 0.3) is 0 Å². The van der Waals surface area contributed by atoms with Crippen LogP contribution in [0.3, 0.4) is 0 Å². The normalized spacial score (nSPS) is 15.2. The molecule has 0 unspecified atom stereocenters. The Bertz CT molecular complexity index is 1180. The molecule has 36 heavy (non-hydrogen) atoms. The average molecular weight is 518 g/mol. The predicted molar refractivity (Wildman–Crippen MR) is 140 cm³/mol. The Kier molecular flexibility index (Phi) is 9.11. The number of hydrogen-bond donors (Lipinski definition) is 1. The van der Waals surface area contributed by atoms with Crippen molar-refractivity contribution in [2.24, 2.45) is 0 Å². The summed E-state index contributed by atoms with van der Waals surface area (Å²) in [7, 11) is -3.80. The lowest BCUT2D eigenvalue weighted by molar-refractivity contribution is -0.139. The van der Waals surface area contributed by atoms with E-state index in [0.717, 1.165) is 53.8 Å². The van der Waals surface area contributed by atoms with Gasteiger partial charge in [-0.15, -0.1) is 0 Å². The zero-order chi connectivity index (χ0) is 26.5. The van der Waals surface area contributed by atoms with Crippen LogP contribution in [0.5, 0.6) is 0 Å². The third kappa shape index (κ3) is 7.06. The summed E-state index contributed by atoms with van der Waals surface area (Å²) >= 11 is 0. The van der Waals surface area contributed by atoms with Crippen molar-refractivity contribution in [3.05, 3.63) is 65.0 Å². The van der Waals surface area contributed by atoms with Gasteiger partial charge in [0.2, 0.25) is 21.8 Å². The zero-order valence-corrected chi connectivity index (χ0v) is 22.3. The minimum atomic E-state index is -3.80. The Morgan fingerprint density at radius 1 is 1.06 bits per heavy atom. The third-order valence-electron chi connectivity index (χ3n) is 6.91. The monoisotopic (exact) mass is 517 g/mol. The van der Waals surface area contributed by atoms with E-state index >= 15 is 0 Å². The SMILES string of the molecule is Cc1cccc(N(CC(=O)N(Cc2ccc(F)cc2)[C@@H](C)C(=O)NC2CCCCC2)S(C)(=O)=O)c1C. The van der Waals surface area contributed by atoms with Gasteiger partial charge in [-0.25, -0.2) is 12.8 Å². The smallest absolute Gasteiger partial charge is 0.244 e. The summed E-state index contributed by atoms with van der Waals surface area (Å²) < 4.78 is 40.1. The molecule has 3 rings (SSSR count). The van der Waals surface area contributed by atoms with Crippen LogP contribution in [0.1, 0.15) is 55.7 Å². The average Bonchev–Trinajstić information content (AvgIpc) is 2.83. The topological polar surface area (TPSA) is 86.8 Å². The molecule has 1 fully saturated rings. The van der Waals surface area contributed by atoms with E-state index < -0.39 is 34.3 Å². The molecule has 0 aliphatic heterocycles. The lowest BCUT2D eigenvalue weighted by Gasteiger charge is -2.33. The van der Waals surface area contributed by atoms with Crippen LogP contribution >= 0.6 is 0 Å². The molecule has 0 bridgehead atoms. The first-order chi connectivity index (χ1) is 17.0. The van der Waals surface area contributed by atoms with E-state index in [4.69, 9.17) is 0 Å². The van der Waals surface area contributed by atoms with E-state index in [2.05, 4.69) is 5.32 Å². The second kappa shape index (κ2) is 11.9. The van der Waals surface area contributed by atoms with Crippen LogP contribution < -0.4 is 9.62 Å². The number of halogens is 1. The number of benzene rings is 2. The van der Waals surface area contributed by atoms with Gasteiger partial charge in [-0.2, -0.15) is 0 Å². The number of amides is 2. The van der Waals surface area contributed by atoms with E-state index in [-0.39, 0.29) is 18.5 Å². The van der Waals surface area contributed by atoms with Crippen molar-refractivity contribution in [1.82, 2.24) is 10.2 Å². The molecule has 0 spiro atoms. The lowest BCUT2D eigenvalue weighted by atomic mass is 9.95. The molecular formula is C27H36FN3O4S. The van der Waals surface area contributed by atoms with Crippen molar-refractivity contribution in [2.45, 2.75) is 71.5 Å². The van der Waals surface area contributed by atoms with Gasteiger partial charge in [0.25, 0.3) is 0 Å². The summed E-state index contributed by atoms with van der Waals surface area (Å²) in [4.78, 5) is 28.2. The standard InChI is InChI=1S/C27H36FN3O4S/c1-19-9-8-12-25(20(19)2)31(36(4,34)35)18-26(32)30(17-22-13-15-23(28)16-14-22)21(3)27(33)29-24-10-6-5-7-11-24/h8-9,12-16,21,24H,5-7,10-11,17-18H2,1-4H3,(H,29,33)/t21-/m0/s1. The lowest BCUT2D eigenvalue weighted by Crippen LogP contribution is -2.53. The third-order valence-corrected chi connectivity index (χ3v) is 8.04. The molecule has 0 heterocycles. The Balaban J connectivity index is 1.89. The molecule has 1 atom stereocenters. The Morgan fingerprint density at radius 2 is 1.69 bits per heavy atom. The highest BCUT2D eigenvalue weighted by Gasteiger charge is 2.31. The molecule has 196 valence electrons. The van der Waals surface area contributed by atoms with E-state index in [0.29, 0.717) is 11.3 Å². The number of carbonyl (C=O) groups excluding carboxylic acids is 2. The molecule has 9 heteroatoms. The fourth-order valence-corrected chi connectivity index (χ4v) is 5.44. The van der Waals surface area contributed by atoms with Crippen molar-refractivity contribution >= 4 is 27.5 Å². The highest BCUT2D eigenvalue weighted by atomic mass is 32.2. The van der Waals surface area contributed by atoms with Crippen molar-refractivity contribution in [2.75, 3.05) is 17.1 Å². The minimum absolute atomic E-state index is 0.0444. The van der Waals surface area contributed by atoms with E-state index in [1.54, 1.807) is 31.2 Å². The molecule has 2 aromatic carbocycles. The number of aryl methyl sites for hydroxylation is 1. The largest absolute Gasteiger partial charge is 0.352 e. The number of anilines is 1. The molecule has 2 amide bonds. The summed E-state index contributed by atoms with van der Waals surface area (Å²) in [5, 5.41) is 3.06. The first kappa shape index (κ1) is 27.6. The number of hydrogen-bond acceptors (Lipinski definition) is 4. The van der Waals surface area contributed by atoms with Crippen LogP contribution in [0.2, 0.25) is 0 Å². The van der Waals surface area contributed by atoms with Gasteiger partial charge in [0, 0.05) is 12.6 Å². The summed E-state index contributed by atoms with van der Waals surface area (Å²) in [6.07, 6.45) is 6.12. The second-order valence-corrected chi connectivity index (χ2v) is 11.6. The van der Waals surface area contributed by atoms with Gasteiger partial charge in [0.05, 0.1) is 11.9 Å². The number of sulfonamides is 1. The highest BCUT2D eigenvalue weighted by molar-refractivity contribution is 7.92. The summed E-state index contributed by atoms with van der Waals surface area (Å²) in [5.74, 6) is -1.20. The van der Waals surface area contributed by atoms with Crippen LogP contribution in [-0.4, -0.2) is 50.0 Å². The summed E-state index contributed by atoms with van der Waals surface area (Å²) in [6.45, 7) is 4.92. The van der Waals surface area contributed by atoms with Crippen molar-refractivity contribution < 1.29 is 22.4 Å². The zero-order valence-electron chi connectivity index (χ0n) is 21.5. The molecule has 0 aromatic heterocycles. The number of rotatable bonds is 9. The molecule has 7 nitrogen and oxygen atoms in total. The van der Waals surface area contributed by atoms with Crippen molar-refractivity contribution in [3.63, 3.8) is 0 Å². The minimum Gasteiger partial charge on any atom is -0.352 e. The van der Waals surface area contributed by atoms with Crippen LogP contribution in [0.4, 0.5) is 10.1 Å². The van der Waals surface area contributed by atoms with Gasteiger partial charge in [-0.3, -0.25) is 13.9 Å². The maximum atomic E-state index is 13.6. The van der Waals surface area contributed by atoms with Gasteiger partial charge in [-0.05, 0) is 68.5 Å². The molecular weight excluding hydrogens is 481 g/mol. The molecule has 0 saturated heterocycles. The molecule has 0 radical (unpaired) electrons. The van der Waals surface area contributed by atoms with Crippen LogP contribution in [0.15, 0.2) is 42.5 Å². The van der Waals surface area contributed by atoms with Gasteiger partial charge in [-0.1, -0.05) is 43.5 Å². The van der Waals surface area contributed by atoms with Gasteiger partial charge < -0.3 is 10.2 Å². The second-order valence-electron chi connectivity index (χ2n) is 9.66. The first-order valence-corrected chi connectivity index (χ1v) is 14.2. The number of carbonyl (C=O) groups is 2. The molecule has 2 aromatic rings. The van der Waals surface area contributed by atoms with Gasteiger partial charge >= 0.3 is 0 Å². The van der Waals surface area contributed by atoms with Crippen molar-refractivity contribution in [3.8, 4) is 0 Å². The number of nitrogens with zero attached hydrogens (tertiary/aromatic N) is 2. The van der Waals surface area contributed by atoms with Crippen LogP contribution in [-0.2, 0) is 26.2 Å². The Morgan fingerprint density at radius 3 is 2.31 bits per heavy atom. The molecule has 1 N–H and O–H groups in total. The highest BCUT2D eigenvalue weighted by Crippen LogP contribution is 2.25. The van der Waals surface area contributed by atoms with Gasteiger partial charge in [0.1, 0.15) is 18.4 Å². The van der Waals surface area contributed by atoms with Crippen molar-refractivity contribution in [1.29, 1.82) is 0 Å². The summed E-state index contributed by atoms with van der Waals surface area (Å²) in [5.41, 5.74) is 2.72.